The second-order valence-corrected chi connectivity index (χ2v) is 5.98. The van der Waals surface area contributed by atoms with Crippen molar-refractivity contribution < 1.29 is 14.6 Å². The maximum absolute atomic E-state index is 12.8. The monoisotopic (exact) mass is 342 g/mol. The first-order valence-corrected chi connectivity index (χ1v) is 8.41. The molecule has 1 amide bonds. The molecule has 2 N–H and O–H groups in total. The first-order chi connectivity index (χ1) is 12.0. The van der Waals surface area contributed by atoms with E-state index in [9.17, 15) is 4.79 Å². The summed E-state index contributed by atoms with van der Waals surface area (Å²) in [6.45, 7) is 5.27. The highest BCUT2D eigenvalue weighted by Crippen LogP contribution is 2.25. The number of benzene rings is 2. The van der Waals surface area contributed by atoms with Crippen LogP contribution in [0.15, 0.2) is 42.5 Å². The van der Waals surface area contributed by atoms with Crippen LogP contribution in [-0.4, -0.2) is 49.3 Å². The summed E-state index contributed by atoms with van der Waals surface area (Å²) in [4.78, 5) is 14.4. The molecule has 0 heterocycles. The lowest BCUT2D eigenvalue weighted by Crippen LogP contribution is -2.30. The Morgan fingerprint density at radius 1 is 1.08 bits per heavy atom. The number of ether oxygens (including phenoxy) is 1. The van der Waals surface area contributed by atoms with Gasteiger partial charge in [-0.25, -0.2) is 0 Å². The number of carbonyl (C=O) groups is 1. The Bertz CT molecular complexity index is 716. The van der Waals surface area contributed by atoms with Gasteiger partial charge < -0.3 is 20.1 Å². The SMILES string of the molecule is Cc1cccc(Nc2ccccc2C(=O)N(C)CCOCCO)c1C. The molecule has 0 aliphatic heterocycles. The number of likely N-dealkylation sites (N-methyl/N-ethyl adjacent to an activating group) is 1. The van der Waals surface area contributed by atoms with E-state index < -0.39 is 0 Å². The summed E-state index contributed by atoms with van der Waals surface area (Å²) in [5, 5.41) is 12.1. The number of aliphatic hydroxyl groups is 1. The minimum absolute atomic E-state index is 0.0136. The van der Waals surface area contributed by atoms with Crippen molar-refractivity contribution in [3.05, 3.63) is 59.2 Å². The second kappa shape index (κ2) is 9.20. The number of hydrogen-bond acceptors (Lipinski definition) is 4. The van der Waals surface area contributed by atoms with Crippen LogP contribution >= 0.6 is 0 Å². The summed E-state index contributed by atoms with van der Waals surface area (Å²) in [5.41, 5.74) is 4.76. The molecule has 0 bridgehead atoms. The number of aliphatic hydroxyl groups excluding tert-OH is 1. The smallest absolute Gasteiger partial charge is 0.255 e. The minimum atomic E-state index is -0.0685. The third-order valence-electron chi connectivity index (χ3n) is 4.18. The van der Waals surface area contributed by atoms with Crippen LogP contribution < -0.4 is 5.32 Å². The molecule has 0 aliphatic carbocycles. The number of rotatable bonds is 8. The maximum Gasteiger partial charge on any atom is 0.255 e. The fraction of sp³-hybridized carbons (Fsp3) is 0.350. The van der Waals surface area contributed by atoms with Gasteiger partial charge >= 0.3 is 0 Å². The van der Waals surface area contributed by atoms with E-state index in [1.165, 1.54) is 5.56 Å². The molecule has 0 radical (unpaired) electrons. The lowest BCUT2D eigenvalue weighted by molar-refractivity contribution is 0.0619. The number of anilines is 2. The van der Waals surface area contributed by atoms with Crippen molar-refractivity contribution in [3.63, 3.8) is 0 Å². The molecule has 0 fully saturated rings. The molecule has 134 valence electrons. The predicted octanol–water partition coefficient (Wildman–Crippen LogP) is 3.13. The van der Waals surface area contributed by atoms with Crippen molar-refractivity contribution >= 4 is 17.3 Å². The van der Waals surface area contributed by atoms with Gasteiger partial charge in [-0.15, -0.1) is 0 Å². The summed E-state index contributed by atoms with van der Waals surface area (Å²) >= 11 is 0. The highest BCUT2D eigenvalue weighted by Gasteiger charge is 2.16. The number of para-hydroxylation sites is 1. The second-order valence-electron chi connectivity index (χ2n) is 5.98. The van der Waals surface area contributed by atoms with E-state index in [2.05, 4.69) is 25.2 Å². The number of amides is 1. The topological polar surface area (TPSA) is 61.8 Å². The zero-order valence-corrected chi connectivity index (χ0v) is 15.1. The first-order valence-electron chi connectivity index (χ1n) is 8.41. The Labute approximate surface area is 149 Å². The van der Waals surface area contributed by atoms with Crippen LogP contribution in [0.2, 0.25) is 0 Å². The fourth-order valence-corrected chi connectivity index (χ4v) is 2.49. The maximum atomic E-state index is 12.8. The van der Waals surface area contributed by atoms with Gasteiger partial charge in [-0.2, -0.15) is 0 Å². The van der Waals surface area contributed by atoms with Gasteiger partial charge in [0.1, 0.15) is 0 Å². The number of nitrogens with one attached hydrogen (secondary N) is 1. The van der Waals surface area contributed by atoms with Gasteiger partial charge in [0, 0.05) is 19.3 Å². The van der Waals surface area contributed by atoms with E-state index in [0.29, 0.717) is 18.7 Å². The molecule has 2 aromatic rings. The quantitative estimate of drug-likeness (QED) is 0.724. The van der Waals surface area contributed by atoms with Crippen LogP contribution in [0.3, 0.4) is 0 Å². The molecule has 0 atom stereocenters. The summed E-state index contributed by atoms with van der Waals surface area (Å²) in [6.07, 6.45) is 0. The Kier molecular flexibility index (Phi) is 6.98. The van der Waals surface area contributed by atoms with Crippen LogP contribution in [0.5, 0.6) is 0 Å². The van der Waals surface area contributed by atoms with Gasteiger partial charge in [-0.1, -0.05) is 24.3 Å². The standard InChI is InChI=1S/C20H26N2O3/c1-15-7-6-10-18(16(15)2)21-19-9-5-4-8-17(19)20(24)22(3)11-13-25-14-12-23/h4-10,21,23H,11-14H2,1-3H3. The molecule has 0 unspecified atom stereocenters. The third kappa shape index (κ3) is 5.05. The van der Waals surface area contributed by atoms with Crippen LogP contribution in [0.25, 0.3) is 0 Å². The van der Waals surface area contributed by atoms with Gasteiger partial charge in [0.2, 0.25) is 0 Å². The number of nitrogens with zero attached hydrogens (tertiary/aromatic N) is 1. The molecule has 5 heteroatoms. The van der Waals surface area contributed by atoms with Gasteiger partial charge in [0.05, 0.1) is 31.1 Å². The Morgan fingerprint density at radius 2 is 1.80 bits per heavy atom. The van der Waals surface area contributed by atoms with Crippen LogP contribution in [0, 0.1) is 13.8 Å². The van der Waals surface area contributed by atoms with E-state index in [0.717, 1.165) is 16.9 Å². The molecule has 25 heavy (non-hydrogen) atoms. The van der Waals surface area contributed by atoms with Crippen molar-refractivity contribution in [2.75, 3.05) is 38.7 Å². The van der Waals surface area contributed by atoms with Crippen molar-refractivity contribution in [2.24, 2.45) is 0 Å². The average Bonchev–Trinajstić information content (AvgIpc) is 2.62. The van der Waals surface area contributed by atoms with Crippen LogP contribution in [0.4, 0.5) is 11.4 Å². The molecule has 0 aliphatic rings. The summed E-state index contributed by atoms with van der Waals surface area (Å²) in [6, 6.07) is 13.6. The number of hydrogen-bond donors (Lipinski definition) is 2. The van der Waals surface area contributed by atoms with Crippen molar-refractivity contribution in [1.29, 1.82) is 0 Å². The van der Waals surface area contributed by atoms with Gasteiger partial charge in [-0.3, -0.25) is 4.79 Å². The van der Waals surface area contributed by atoms with Crippen LogP contribution in [-0.2, 0) is 4.74 Å². The molecular formula is C20H26N2O3. The third-order valence-corrected chi connectivity index (χ3v) is 4.18. The van der Waals surface area contributed by atoms with E-state index in [-0.39, 0.29) is 19.1 Å². The zero-order valence-electron chi connectivity index (χ0n) is 15.1. The summed E-state index contributed by atoms with van der Waals surface area (Å²) in [7, 11) is 1.75. The van der Waals surface area contributed by atoms with Crippen molar-refractivity contribution in [1.82, 2.24) is 4.90 Å². The van der Waals surface area contributed by atoms with Gasteiger partial charge in [0.25, 0.3) is 5.91 Å². The van der Waals surface area contributed by atoms with Crippen LogP contribution in [0.1, 0.15) is 21.5 Å². The molecular weight excluding hydrogens is 316 g/mol. The number of carbonyl (C=O) groups excluding carboxylic acids is 1. The lowest BCUT2D eigenvalue weighted by Gasteiger charge is -2.20. The summed E-state index contributed by atoms with van der Waals surface area (Å²) in [5.74, 6) is -0.0685. The number of aryl methyl sites for hydroxylation is 1. The van der Waals surface area contributed by atoms with E-state index in [4.69, 9.17) is 9.84 Å². The highest BCUT2D eigenvalue weighted by molar-refractivity contribution is 6.00. The largest absolute Gasteiger partial charge is 0.394 e. The van der Waals surface area contributed by atoms with Gasteiger partial charge in [0.15, 0.2) is 0 Å². The normalized spacial score (nSPS) is 10.6. The molecule has 0 spiro atoms. The van der Waals surface area contributed by atoms with Gasteiger partial charge in [-0.05, 0) is 43.2 Å². The van der Waals surface area contributed by atoms with E-state index in [1.54, 1.807) is 11.9 Å². The van der Waals surface area contributed by atoms with E-state index in [1.807, 2.05) is 36.4 Å². The molecule has 2 aromatic carbocycles. The molecule has 0 saturated heterocycles. The Balaban J connectivity index is 2.14. The van der Waals surface area contributed by atoms with Crippen molar-refractivity contribution in [2.45, 2.75) is 13.8 Å². The zero-order chi connectivity index (χ0) is 18.2. The highest BCUT2D eigenvalue weighted by atomic mass is 16.5. The first kappa shape index (κ1) is 19.0. The molecule has 5 nitrogen and oxygen atoms in total. The average molecular weight is 342 g/mol. The molecule has 0 aromatic heterocycles. The minimum Gasteiger partial charge on any atom is -0.394 e. The Hall–Kier alpha value is -2.37. The van der Waals surface area contributed by atoms with E-state index >= 15 is 0 Å². The summed E-state index contributed by atoms with van der Waals surface area (Å²) < 4.78 is 5.23. The molecule has 2 rings (SSSR count). The fourth-order valence-electron chi connectivity index (χ4n) is 2.49. The predicted molar refractivity (Wildman–Crippen MR) is 101 cm³/mol. The molecule has 0 saturated carbocycles. The lowest BCUT2D eigenvalue weighted by atomic mass is 10.1. The Morgan fingerprint density at radius 3 is 2.56 bits per heavy atom. The van der Waals surface area contributed by atoms with Crippen molar-refractivity contribution in [3.8, 4) is 0 Å².